The number of hydrogen-bond acceptors (Lipinski definition) is 3. The molecule has 0 aliphatic carbocycles. The normalized spacial score (nSPS) is 23.9. The van der Waals surface area contributed by atoms with Crippen LogP contribution < -0.4 is 0 Å². The Morgan fingerprint density at radius 1 is 1.16 bits per heavy atom. The molecule has 0 unspecified atom stereocenters. The topological polar surface area (TPSA) is 29.5 Å². The van der Waals surface area contributed by atoms with Crippen LogP contribution in [-0.4, -0.2) is 17.3 Å². The van der Waals surface area contributed by atoms with Crippen LogP contribution in [0.25, 0.3) is 10.1 Å². The maximum Gasteiger partial charge on any atom is 0.126 e. The Bertz CT molecular complexity index is 845. The van der Waals surface area contributed by atoms with Crippen molar-refractivity contribution < 1.29 is 14.2 Å². The molecule has 4 rings (SSSR count). The molecule has 25 heavy (non-hydrogen) atoms. The van der Waals surface area contributed by atoms with Crippen molar-refractivity contribution in [2.45, 2.75) is 44.5 Å². The predicted octanol–water partition coefficient (Wildman–Crippen LogP) is 5.23. The summed E-state index contributed by atoms with van der Waals surface area (Å²) in [7, 11) is 0. The Hall–Kier alpha value is -1.75. The van der Waals surface area contributed by atoms with E-state index in [0.29, 0.717) is 24.8 Å². The van der Waals surface area contributed by atoms with Gasteiger partial charge in [-0.3, -0.25) is 0 Å². The predicted molar refractivity (Wildman–Crippen MR) is 99.6 cm³/mol. The van der Waals surface area contributed by atoms with Gasteiger partial charge in [0.15, 0.2) is 0 Å². The average molecular weight is 356 g/mol. The van der Waals surface area contributed by atoms with Gasteiger partial charge in [0.25, 0.3) is 0 Å². The van der Waals surface area contributed by atoms with E-state index in [1.54, 1.807) is 17.4 Å². The van der Waals surface area contributed by atoms with Crippen LogP contribution in [0, 0.1) is 5.82 Å². The lowest BCUT2D eigenvalue weighted by Gasteiger charge is -2.31. The molecule has 1 aliphatic heterocycles. The van der Waals surface area contributed by atoms with Gasteiger partial charge in [-0.1, -0.05) is 24.3 Å². The minimum Gasteiger partial charge on any atom is -0.393 e. The number of benzene rings is 2. The SMILES string of the molecule is C[C@@H]1C[C@H](O)C[C@H](c2ccc(F)c(Cc3cc4ccccc4s3)c2)O1. The van der Waals surface area contributed by atoms with Crippen molar-refractivity contribution >= 4 is 21.4 Å². The maximum absolute atomic E-state index is 14.3. The highest BCUT2D eigenvalue weighted by molar-refractivity contribution is 7.19. The summed E-state index contributed by atoms with van der Waals surface area (Å²) in [6.07, 6.45) is 1.30. The molecule has 1 N–H and O–H groups in total. The highest BCUT2D eigenvalue weighted by Crippen LogP contribution is 2.33. The van der Waals surface area contributed by atoms with Crippen LogP contribution in [0.5, 0.6) is 0 Å². The first-order chi connectivity index (χ1) is 12.1. The van der Waals surface area contributed by atoms with Crippen LogP contribution in [0.15, 0.2) is 48.5 Å². The Labute approximate surface area is 150 Å². The lowest BCUT2D eigenvalue weighted by molar-refractivity contribution is -0.0895. The molecule has 0 spiro atoms. The van der Waals surface area contributed by atoms with E-state index in [9.17, 15) is 9.50 Å². The minimum absolute atomic E-state index is 0.0184. The molecule has 0 amide bonds. The van der Waals surface area contributed by atoms with Crippen molar-refractivity contribution in [3.05, 3.63) is 70.4 Å². The van der Waals surface area contributed by atoms with E-state index in [4.69, 9.17) is 4.74 Å². The molecule has 0 saturated carbocycles. The number of thiophene rings is 1. The van der Waals surface area contributed by atoms with Crippen LogP contribution >= 0.6 is 11.3 Å². The molecule has 1 fully saturated rings. The second-order valence-corrected chi connectivity index (χ2v) is 8.01. The van der Waals surface area contributed by atoms with Crippen molar-refractivity contribution in [3.8, 4) is 0 Å². The van der Waals surface area contributed by atoms with Crippen molar-refractivity contribution in [2.75, 3.05) is 0 Å². The molecule has 2 aromatic carbocycles. The number of fused-ring (bicyclic) bond motifs is 1. The zero-order valence-electron chi connectivity index (χ0n) is 14.1. The Kier molecular flexibility index (Phi) is 4.59. The monoisotopic (exact) mass is 356 g/mol. The number of aliphatic hydroxyl groups is 1. The summed E-state index contributed by atoms with van der Waals surface area (Å²) < 4.78 is 21.5. The van der Waals surface area contributed by atoms with Crippen LogP contribution in [0.1, 0.15) is 41.9 Å². The zero-order valence-corrected chi connectivity index (χ0v) is 14.9. The van der Waals surface area contributed by atoms with Crippen LogP contribution in [0.3, 0.4) is 0 Å². The molecular weight excluding hydrogens is 335 g/mol. The van der Waals surface area contributed by atoms with Gasteiger partial charge < -0.3 is 9.84 Å². The van der Waals surface area contributed by atoms with Gasteiger partial charge in [0, 0.05) is 22.4 Å². The first kappa shape index (κ1) is 16.7. The zero-order chi connectivity index (χ0) is 17.4. The first-order valence-electron chi connectivity index (χ1n) is 8.68. The van der Waals surface area contributed by atoms with E-state index in [-0.39, 0.29) is 24.1 Å². The fraction of sp³-hybridized carbons (Fsp3) is 0.333. The van der Waals surface area contributed by atoms with E-state index in [1.807, 2.05) is 25.1 Å². The highest BCUT2D eigenvalue weighted by atomic mass is 32.1. The van der Waals surface area contributed by atoms with Crippen molar-refractivity contribution in [3.63, 3.8) is 0 Å². The van der Waals surface area contributed by atoms with Gasteiger partial charge in [-0.25, -0.2) is 4.39 Å². The molecular formula is C21H21FO2S. The molecule has 2 nitrogen and oxygen atoms in total. The van der Waals surface area contributed by atoms with E-state index < -0.39 is 0 Å². The van der Waals surface area contributed by atoms with Gasteiger partial charge >= 0.3 is 0 Å². The summed E-state index contributed by atoms with van der Waals surface area (Å²) in [4.78, 5) is 1.15. The third kappa shape index (κ3) is 3.61. The van der Waals surface area contributed by atoms with Gasteiger partial charge in [-0.2, -0.15) is 0 Å². The number of ether oxygens (including phenoxy) is 1. The quantitative estimate of drug-likeness (QED) is 0.696. The standard InChI is InChI=1S/C21H21FO2S/c1-13-8-17(23)12-20(24-13)14-6-7-19(22)16(9-14)11-18-10-15-4-2-3-5-21(15)25-18/h2-7,9-10,13,17,20,23H,8,11-12H2,1H3/t13-,17+,20-/m1/s1. The van der Waals surface area contributed by atoms with Crippen LogP contribution in [0.2, 0.25) is 0 Å². The van der Waals surface area contributed by atoms with Crippen molar-refractivity contribution in [1.82, 2.24) is 0 Å². The van der Waals surface area contributed by atoms with E-state index in [2.05, 4.69) is 18.2 Å². The molecule has 3 atom stereocenters. The van der Waals surface area contributed by atoms with Crippen LogP contribution in [-0.2, 0) is 11.2 Å². The molecule has 0 radical (unpaired) electrons. The number of hydrogen-bond donors (Lipinski definition) is 1. The molecule has 3 aromatic rings. The summed E-state index contributed by atoms with van der Waals surface area (Å²) in [5.74, 6) is -0.189. The van der Waals surface area contributed by atoms with Crippen molar-refractivity contribution in [1.29, 1.82) is 0 Å². The molecule has 2 heterocycles. The molecule has 1 aliphatic rings. The fourth-order valence-electron chi connectivity index (χ4n) is 3.57. The van der Waals surface area contributed by atoms with Gasteiger partial charge in [0.05, 0.1) is 18.3 Å². The van der Waals surface area contributed by atoms with Crippen molar-refractivity contribution in [2.24, 2.45) is 0 Å². The summed E-state index contributed by atoms with van der Waals surface area (Å²) >= 11 is 1.71. The number of halogens is 1. The summed E-state index contributed by atoms with van der Waals surface area (Å²) in [5.41, 5.74) is 1.63. The fourth-order valence-corrected chi connectivity index (χ4v) is 4.66. The van der Waals surface area contributed by atoms with E-state index in [0.717, 1.165) is 10.4 Å². The van der Waals surface area contributed by atoms with Gasteiger partial charge in [-0.15, -0.1) is 11.3 Å². The van der Waals surface area contributed by atoms with E-state index >= 15 is 0 Å². The summed E-state index contributed by atoms with van der Waals surface area (Å²) in [6.45, 7) is 1.97. The minimum atomic E-state index is -0.357. The Morgan fingerprint density at radius 3 is 2.80 bits per heavy atom. The second kappa shape index (κ2) is 6.87. The number of aliphatic hydroxyl groups excluding tert-OH is 1. The Morgan fingerprint density at radius 2 is 2.00 bits per heavy atom. The van der Waals surface area contributed by atoms with Gasteiger partial charge in [0.2, 0.25) is 0 Å². The van der Waals surface area contributed by atoms with E-state index in [1.165, 1.54) is 16.2 Å². The summed E-state index contributed by atoms with van der Waals surface area (Å²) in [6, 6.07) is 15.6. The lowest BCUT2D eigenvalue weighted by Crippen LogP contribution is -2.29. The third-order valence-electron chi connectivity index (χ3n) is 4.77. The number of rotatable bonds is 3. The molecule has 1 aromatic heterocycles. The van der Waals surface area contributed by atoms with Gasteiger partial charge in [-0.05, 0) is 54.1 Å². The molecule has 1 saturated heterocycles. The first-order valence-corrected chi connectivity index (χ1v) is 9.49. The maximum atomic E-state index is 14.3. The average Bonchev–Trinajstić information content (AvgIpc) is 2.98. The molecule has 130 valence electrons. The second-order valence-electron chi connectivity index (χ2n) is 6.84. The lowest BCUT2D eigenvalue weighted by atomic mass is 9.95. The smallest absolute Gasteiger partial charge is 0.126 e. The Balaban J connectivity index is 1.61. The molecule has 0 bridgehead atoms. The highest BCUT2D eigenvalue weighted by Gasteiger charge is 2.27. The van der Waals surface area contributed by atoms with Gasteiger partial charge in [0.1, 0.15) is 5.82 Å². The van der Waals surface area contributed by atoms with Crippen LogP contribution in [0.4, 0.5) is 4.39 Å². The third-order valence-corrected chi connectivity index (χ3v) is 5.89. The molecule has 4 heteroatoms. The largest absolute Gasteiger partial charge is 0.393 e. The summed E-state index contributed by atoms with van der Waals surface area (Å²) in [5, 5.41) is 11.2.